The Kier molecular flexibility index (Phi) is 6.76. The number of amides is 1. The van der Waals surface area contributed by atoms with E-state index >= 15 is 0 Å². The molecule has 0 spiro atoms. The van der Waals surface area contributed by atoms with Gasteiger partial charge >= 0.3 is 0 Å². The third-order valence-electron chi connectivity index (χ3n) is 2.89. The molecule has 0 aliphatic heterocycles. The summed E-state index contributed by atoms with van der Waals surface area (Å²) in [6.45, 7) is 3.22. The predicted molar refractivity (Wildman–Crippen MR) is 75.6 cm³/mol. The van der Waals surface area contributed by atoms with Crippen molar-refractivity contribution in [2.45, 2.75) is 26.2 Å². The van der Waals surface area contributed by atoms with E-state index in [-0.39, 0.29) is 11.8 Å². The van der Waals surface area contributed by atoms with Crippen molar-refractivity contribution in [1.29, 1.82) is 0 Å². The lowest BCUT2D eigenvalue weighted by Gasteiger charge is -2.11. The molecular weight excluding hydrogens is 248 g/mol. The zero-order chi connectivity index (χ0) is 13.4. The summed E-state index contributed by atoms with van der Waals surface area (Å²) in [5, 5.41) is 3.67. The molecule has 0 heterocycles. The van der Waals surface area contributed by atoms with Gasteiger partial charge in [-0.15, -0.1) is 0 Å². The highest BCUT2D eigenvalue weighted by Gasteiger charge is 2.11. The van der Waals surface area contributed by atoms with Crippen molar-refractivity contribution < 1.29 is 4.79 Å². The fourth-order valence-corrected chi connectivity index (χ4v) is 1.96. The van der Waals surface area contributed by atoms with Crippen LogP contribution >= 0.6 is 11.6 Å². The Labute approximate surface area is 114 Å². The van der Waals surface area contributed by atoms with Gasteiger partial charge in [0.15, 0.2) is 0 Å². The van der Waals surface area contributed by atoms with Gasteiger partial charge in [0.1, 0.15) is 0 Å². The first-order chi connectivity index (χ1) is 8.63. The lowest BCUT2D eigenvalue weighted by Crippen LogP contribution is -2.31. The number of nitrogens with one attached hydrogen (secondary N) is 1. The van der Waals surface area contributed by atoms with E-state index in [1.165, 1.54) is 0 Å². The summed E-state index contributed by atoms with van der Waals surface area (Å²) in [5.74, 6) is 0.137. The van der Waals surface area contributed by atoms with Crippen molar-refractivity contribution >= 4 is 17.5 Å². The summed E-state index contributed by atoms with van der Waals surface area (Å²) in [6.07, 6.45) is 2.54. The average Bonchev–Trinajstić information content (AvgIpc) is 2.35. The zero-order valence-corrected chi connectivity index (χ0v) is 11.5. The molecule has 4 heteroatoms. The molecule has 18 heavy (non-hydrogen) atoms. The van der Waals surface area contributed by atoms with Crippen molar-refractivity contribution in [2.24, 2.45) is 11.7 Å². The number of nitrogens with two attached hydrogens (primary N) is 1. The van der Waals surface area contributed by atoms with Gasteiger partial charge in [-0.05, 0) is 43.5 Å². The molecule has 0 radical (unpaired) electrons. The second kappa shape index (κ2) is 8.11. The molecule has 0 bridgehead atoms. The van der Waals surface area contributed by atoms with Gasteiger partial charge < -0.3 is 11.1 Å². The van der Waals surface area contributed by atoms with Gasteiger partial charge in [-0.25, -0.2) is 0 Å². The maximum atomic E-state index is 11.7. The molecular formula is C14H21ClN2O. The molecule has 1 amide bonds. The zero-order valence-electron chi connectivity index (χ0n) is 10.8. The minimum Gasteiger partial charge on any atom is -0.356 e. The number of carbonyl (C=O) groups excluding carboxylic acids is 1. The molecule has 0 saturated heterocycles. The molecule has 3 nitrogen and oxygen atoms in total. The summed E-state index contributed by atoms with van der Waals surface area (Å²) in [4.78, 5) is 11.7. The normalized spacial score (nSPS) is 12.2. The molecule has 0 aromatic heterocycles. The van der Waals surface area contributed by atoms with E-state index in [1.807, 2.05) is 31.2 Å². The second-order valence-electron chi connectivity index (χ2n) is 4.50. The Morgan fingerprint density at radius 2 is 2.28 bits per heavy atom. The van der Waals surface area contributed by atoms with E-state index in [1.54, 1.807) is 0 Å². The third kappa shape index (κ3) is 5.52. The SMILES string of the molecule is CC(CCCN)C(=O)NCCc1cccc(Cl)c1. The van der Waals surface area contributed by atoms with Crippen LogP contribution in [0.15, 0.2) is 24.3 Å². The first-order valence-corrected chi connectivity index (χ1v) is 6.73. The monoisotopic (exact) mass is 268 g/mol. The fourth-order valence-electron chi connectivity index (χ4n) is 1.75. The molecule has 0 aliphatic carbocycles. The van der Waals surface area contributed by atoms with Crippen LogP contribution in [0.5, 0.6) is 0 Å². The van der Waals surface area contributed by atoms with Crippen LogP contribution in [0.4, 0.5) is 0 Å². The Morgan fingerprint density at radius 1 is 1.50 bits per heavy atom. The summed E-state index contributed by atoms with van der Waals surface area (Å²) < 4.78 is 0. The number of halogens is 1. The number of benzene rings is 1. The van der Waals surface area contributed by atoms with Crippen LogP contribution in [0.3, 0.4) is 0 Å². The number of rotatable bonds is 7. The number of carbonyl (C=O) groups is 1. The van der Waals surface area contributed by atoms with Gasteiger partial charge in [-0.1, -0.05) is 30.7 Å². The molecule has 1 unspecified atom stereocenters. The molecule has 0 saturated carbocycles. The molecule has 1 aromatic rings. The van der Waals surface area contributed by atoms with Crippen molar-refractivity contribution in [3.05, 3.63) is 34.9 Å². The average molecular weight is 269 g/mol. The van der Waals surface area contributed by atoms with Crippen molar-refractivity contribution in [3.63, 3.8) is 0 Å². The van der Waals surface area contributed by atoms with Gasteiger partial charge in [0.25, 0.3) is 0 Å². The van der Waals surface area contributed by atoms with E-state index < -0.39 is 0 Å². The quantitative estimate of drug-likeness (QED) is 0.798. The van der Waals surface area contributed by atoms with Crippen LogP contribution < -0.4 is 11.1 Å². The number of hydrogen-bond acceptors (Lipinski definition) is 2. The Hall–Kier alpha value is -1.06. The highest BCUT2D eigenvalue weighted by molar-refractivity contribution is 6.30. The van der Waals surface area contributed by atoms with E-state index in [0.29, 0.717) is 13.1 Å². The minimum absolute atomic E-state index is 0.0351. The van der Waals surface area contributed by atoms with Crippen molar-refractivity contribution in [3.8, 4) is 0 Å². The summed E-state index contributed by atoms with van der Waals surface area (Å²) in [6, 6.07) is 7.70. The Morgan fingerprint density at radius 3 is 2.94 bits per heavy atom. The van der Waals surface area contributed by atoms with Crippen LogP contribution in [0.2, 0.25) is 5.02 Å². The smallest absolute Gasteiger partial charge is 0.222 e. The molecule has 1 rings (SSSR count). The largest absolute Gasteiger partial charge is 0.356 e. The van der Waals surface area contributed by atoms with Crippen molar-refractivity contribution in [2.75, 3.05) is 13.1 Å². The van der Waals surface area contributed by atoms with Crippen LogP contribution in [0.25, 0.3) is 0 Å². The van der Waals surface area contributed by atoms with Crippen molar-refractivity contribution in [1.82, 2.24) is 5.32 Å². The topological polar surface area (TPSA) is 55.1 Å². The maximum absolute atomic E-state index is 11.7. The van der Waals surface area contributed by atoms with E-state index in [2.05, 4.69) is 5.32 Å². The maximum Gasteiger partial charge on any atom is 0.222 e. The minimum atomic E-state index is 0.0351. The summed E-state index contributed by atoms with van der Waals surface area (Å²) >= 11 is 5.89. The van der Waals surface area contributed by atoms with Gasteiger partial charge in [-0.3, -0.25) is 4.79 Å². The van der Waals surface area contributed by atoms with E-state index in [0.717, 1.165) is 29.8 Å². The van der Waals surface area contributed by atoms with E-state index in [4.69, 9.17) is 17.3 Å². The predicted octanol–water partition coefficient (Wildman–Crippen LogP) is 2.37. The first-order valence-electron chi connectivity index (χ1n) is 6.35. The Bertz CT molecular complexity index is 382. The molecule has 100 valence electrons. The molecule has 0 fully saturated rings. The van der Waals surface area contributed by atoms with Gasteiger partial charge in [0.05, 0.1) is 0 Å². The van der Waals surface area contributed by atoms with Crippen LogP contribution in [-0.4, -0.2) is 19.0 Å². The molecule has 1 atom stereocenters. The lowest BCUT2D eigenvalue weighted by atomic mass is 10.0. The van der Waals surface area contributed by atoms with Crippen LogP contribution in [0.1, 0.15) is 25.3 Å². The number of hydrogen-bond donors (Lipinski definition) is 2. The molecule has 3 N–H and O–H groups in total. The highest BCUT2D eigenvalue weighted by Crippen LogP contribution is 2.11. The van der Waals surface area contributed by atoms with Gasteiger partial charge in [0, 0.05) is 17.5 Å². The highest BCUT2D eigenvalue weighted by atomic mass is 35.5. The summed E-state index contributed by atoms with van der Waals surface area (Å²) in [5.41, 5.74) is 6.56. The van der Waals surface area contributed by atoms with Gasteiger partial charge in [-0.2, -0.15) is 0 Å². The fraction of sp³-hybridized carbons (Fsp3) is 0.500. The van der Waals surface area contributed by atoms with E-state index in [9.17, 15) is 4.79 Å². The first kappa shape index (κ1) is 15.0. The van der Waals surface area contributed by atoms with Gasteiger partial charge in [0.2, 0.25) is 5.91 Å². The Balaban J connectivity index is 2.27. The molecule has 1 aromatic carbocycles. The summed E-state index contributed by atoms with van der Waals surface area (Å²) in [7, 11) is 0. The second-order valence-corrected chi connectivity index (χ2v) is 4.94. The third-order valence-corrected chi connectivity index (χ3v) is 3.13. The van der Waals surface area contributed by atoms with Crippen LogP contribution in [0, 0.1) is 5.92 Å². The molecule has 0 aliphatic rings. The van der Waals surface area contributed by atoms with Crippen LogP contribution in [-0.2, 0) is 11.2 Å². The standard InChI is InChI=1S/C14H21ClN2O/c1-11(4-3-8-16)14(18)17-9-7-12-5-2-6-13(15)10-12/h2,5-6,10-11H,3-4,7-9,16H2,1H3,(H,17,18). The lowest BCUT2D eigenvalue weighted by molar-refractivity contribution is -0.124.